The molecule has 2 aliphatic rings. The first-order valence-corrected chi connectivity index (χ1v) is 10.4. The molecule has 0 saturated heterocycles. The van der Waals surface area contributed by atoms with Gasteiger partial charge < -0.3 is 0 Å². The van der Waals surface area contributed by atoms with E-state index in [2.05, 4.69) is 6.08 Å². The SMILES string of the molecule is Cc1ccc(-c2cc(C(F)(F)F)cc(C(F)(F)F)c2)c2c1=CC(=CC1CCCCC1)C=2. The van der Waals surface area contributed by atoms with Crippen molar-refractivity contribution >= 4 is 12.2 Å². The number of hydrogen-bond acceptors (Lipinski definition) is 0. The number of hydrogen-bond donors (Lipinski definition) is 0. The molecule has 4 rings (SSSR count). The Morgan fingerprint density at radius 1 is 0.774 bits per heavy atom. The maximum absolute atomic E-state index is 13.3. The van der Waals surface area contributed by atoms with Crippen LogP contribution in [-0.2, 0) is 12.4 Å². The minimum absolute atomic E-state index is 0.0815. The summed E-state index contributed by atoms with van der Waals surface area (Å²) in [7, 11) is 0. The van der Waals surface area contributed by atoms with E-state index in [0.717, 1.165) is 41.3 Å². The average Bonchev–Trinajstić information content (AvgIpc) is 3.12. The standard InChI is InChI=1S/C25H22F6/c1-15-7-8-21(18-12-19(24(26,27)28)14-20(13-18)25(29,30)31)23-11-17(10-22(15)23)9-16-5-3-2-4-6-16/h7-14,16H,2-6H2,1H3. The fraction of sp³-hybridized carbons (Fsp3) is 0.360. The molecule has 6 heteroatoms. The summed E-state index contributed by atoms with van der Waals surface area (Å²) in [6.07, 6.45) is 2.12. The van der Waals surface area contributed by atoms with Crippen LogP contribution in [0.25, 0.3) is 23.3 Å². The lowest BCUT2D eigenvalue weighted by Crippen LogP contribution is -2.26. The van der Waals surface area contributed by atoms with Gasteiger partial charge in [0.15, 0.2) is 0 Å². The van der Waals surface area contributed by atoms with Crippen LogP contribution in [0.3, 0.4) is 0 Å². The van der Waals surface area contributed by atoms with Crippen LogP contribution in [0.2, 0.25) is 0 Å². The summed E-state index contributed by atoms with van der Waals surface area (Å²) in [6, 6.07) is 5.13. The highest BCUT2D eigenvalue weighted by Gasteiger charge is 2.37. The zero-order valence-corrected chi connectivity index (χ0v) is 17.0. The molecule has 2 aromatic carbocycles. The smallest absolute Gasteiger partial charge is 0.166 e. The predicted octanol–water partition coefficient (Wildman–Crippen LogP) is 6.78. The van der Waals surface area contributed by atoms with E-state index in [1.165, 1.54) is 19.3 Å². The van der Waals surface area contributed by atoms with Crippen molar-refractivity contribution in [1.29, 1.82) is 0 Å². The summed E-state index contributed by atoms with van der Waals surface area (Å²) in [6.45, 7) is 1.89. The molecular formula is C25H22F6. The molecule has 0 heterocycles. The Bertz CT molecular complexity index is 1110. The number of fused-ring (bicyclic) bond motifs is 1. The van der Waals surface area contributed by atoms with Crippen molar-refractivity contribution in [2.45, 2.75) is 51.4 Å². The average molecular weight is 436 g/mol. The molecule has 0 nitrogen and oxygen atoms in total. The van der Waals surface area contributed by atoms with Crippen molar-refractivity contribution in [3.05, 3.63) is 69.1 Å². The van der Waals surface area contributed by atoms with Gasteiger partial charge in [-0.2, -0.15) is 26.3 Å². The molecule has 0 atom stereocenters. The van der Waals surface area contributed by atoms with E-state index in [1.807, 2.05) is 19.1 Å². The van der Waals surface area contributed by atoms with Gasteiger partial charge in [0, 0.05) is 0 Å². The summed E-state index contributed by atoms with van der Waals surface area (Å²) >= 11 is 0. The summed E-state index contributed by atoms with van der Waals surface area (Å²) in [5.41, 5.74) is -0.397. The molecule has 164 valence electrons. The topological polar surface area (TPSA) is 0 Å². The second-order valence-corrected chi connectivity index (χ2v) is 8.41. The lowest BCUT2D eigenvalue weighted by atomic mass is 9.88. The summed E-state index contributed by atoms with van der Waals surface area (Å²) in [5, 5.41) is 1.53. The molecule has 31 heavy (non-hydrogen) atoms. The first kappa shape index (κ1) is 21.7. The molecule has 2 aliphatic carbocycles. The van der Waals surface area contributed by atoms with E-state index >= 15 is 0 Å². The Kier molecular flexibility index (Phi) is 5.52. The molecule has 0 spiro atoms. The van der Waals surface area contributed by atoms with Gasteiger partial charge >= 0.3 is 12.4 Å². The molecule has 0 aliphatic heterocycles. The van der Waals surface area contributed by atoms with Crippen LogP contribution in [-0.4, -0.2) is 0 Å². The van der Waals surface area contributed by atoms with Gasteiger partial charge in [0.25, 0.3) is 0 Å². The van der Waals surface area contributed by atoms with E-state index in [0.29, 0.717) is 16.7 Å². The van der Waals surface area contributed by atoms with Crippen LogP contribution in [0.4, 0.5) is 26.3 Å². The van der Waals surface area contributed by atoms with Crippen LogP contribution in [0, 0.1) is 12.8 Å². The molecule has 1 fully saturated rings. The van der Waals surface area contributed by atoms with Crippen molar-refractivity contribution in [3.63, 3.8) is 0 Å². The minimum Gasteiger partial charge on any atom is -0.166 e. The van der Waals surface area contributed by atoms with Gasteiger partial charge in [-0.1, -0.05) is 37.5 Å². The monoisotopic (exact) mass is 436 g/mol. The molecule has 0 N–H and O–H groups in total. The number of halogens is 6. The number of alkyl halides is 6. The van der Waals surface area contributed by atoms with Crippen molar-refractivity contribution in [2.24, 2.45) is 5.92 Å². The van der Waals surface area contributed by atoms with E-state index < -0.39 is 23.5 Å². The molecular weight excluding hydrogens is 414 g/mol. The third-order valence-electron chi connectivity index (χ3n) is 6.10. The Morgan fingerprint density at radius 3 is 1.94 bits per heavy atom. The largest absolute Gasteiger partial charge is 0.416 e. The Hall–Kier alpha value is -2.50. The molecule has 0 radical (unpaired) electrons. The Balaban J connectivity index is 1.87. The number of rotatable bonds is 2. The second kappa shape index (κ2) is 7.88. The first-order valence-electron chi connectivity index (χ1n) is 10.4. The summed E-state index contributed by atoms with van der Waals surface area (Å²) in [5.74, 6) is 0.458. The number of aryl methyl sites for hydroxylation is 1. The first-order chi connectivity index (χ1) is 14.5. The van der Waals surface area contributed by atoms with E-state index in [9.17, 15) is 26.3 Å². The van der Waals surface area contributed by atoms with E-state index in [-0.39, 0.29) is 11.6 Å². The fourth-order valence-corrected chi connectivity index (χ4v) is 4.50. The molecule has 0 bridgehead atoms. The molecule has 0 unspecified atom stereocenters. The van der Waals surface area contributed by atoms with Crippen LogP contribution >= 0.6 is 0 Å². The van der Waals surface area contributed by atoms with Crippen LogP contribution < -0.4 is 10.4 Å². The van der Waals surface area contributed by atoms with Gasteiger partial charge in [0.2, 0.25) is 0 Å². The zero-order valence-electron chi connectivity index (χ0n) is 17.0. The number of allylic oxidation sites excluding steroid dienone is 2. The van der Waals surface area contributed by atoms with Crippen molar-refractivity contribution in [2.75, 3.05) is 0 Å². The minimum atomic E-state index is -4.87. The normalized spacial score (nSPS) is 18.6. The maximum Gasteiger partial charge on any atom is 0.416 e. The quantitative estimate of drug-likeness (QED) is 0.455. The van der Waals surface area contributed by atoms with Gasteiger partial charge in [-0.3, -0.25) is 0 Å². The van der Waals surface area contributed by atoms with Crippen LogP contribution in [0.1, 0.15) is 48.8 Å². The summed E-state index contributed by atoms with van der Waals surface area (Å²) in [4.78, 5) is 0. The molecule has 0 amide bonds. The Morgan fingerprint density at radius 2 is 1.35 bits per heavy atom. The van der Waals surface area contributed by atoms with E-state index in [4.69, 9.17) is 0 Å². The van der Waals surface area contributed by atoms with E-state index in [1.54, 1.807) is 12.1 Å². The molecule has 0 aromatic heterocycles. The number of benzene rings is 2. The van der Waals surface area contributed by atoms with Gasteiger partial charge in [0.05, 0.1) is 11.1 Å². The second-order valence-electron chi connectivity index (χ2n) is 8.41. The van der Waals surface area contributed by atoms with Gasteiger partial charge in [-0.25, -0.2) is 0 Å². The predicted molar refractivity (Wildman–Crippen MR) is 109 cm³/mol. The highest BCUT2D eigenvalue weighted by atomic mass is 19.4. The molecule has 1 saturated carbocycles. The van der Waals surface area contributed by atoms with Crippen molar-refractivity contribution < 1.29 is 26.3 Å². The van der Waals surface area contributed by atoms with Crippen molar-refractivity contribution in [1.82, 2.24) is 0 Å². The lowest BCUT2D eigenvalue weighted by molar-refractivity contribution is -0.143. The van der Waals surface area contributed by atoms with Gasteiger partial charge in [-0.15, -0.1) is 0 Å². The highest BCUT2D eigenvalue weighted by molar-refractivity contribution is 5.79. The maximum atomic E-state index is 13.3. The fourth-order valence-electron chi connectivity index (χ4n) is 4.50. The van der Waals surface area contributed by atoms with Gasteiger partial charge in [0.1, 0.15) is 0 Å². The van der Waals surface area contributed by atoms with Crippen LogP contribution in [0.15, 0.2) is 42.0 Å². The third kappa shape index (κ3) is 4.58. The highest BCUT2D eigenvalue weighted by Crippen LogP contribution is 2.38. The zero-order chi connectivity index (χ0) is 22.4. The lowest BCUT2D eigenvalue weighted by Gasteiger charge is -2.18. The third-order valence-corrected chi connectivity index (χ3v) is 6.10. The molecule has 2 aromatic rings. The summed E-state index contributed by atoms with van der Waals surface area (Å²) < 4.78 is 79.9. The Labute approximate surface area is 176 Å². The van der Waals surface area contributed by atoms with Crippen LogP contribution in [0.5, 0.6) is 0 Å². The van der Waals surface area contributed by atoms with Gasteiger partial charge in [-0.05, 0) is 88.7 Å². The van der Waals surface area contributed by atoms with Crippen molar-refractivity contribution in [3.8, 4) is 11.1 Å².